The van der Waals surface area contributed by atoms with E-state index in [2.05, 4.69) is 22.7 Å². The summed E-state index contributed by atoms with van der Waals surface area (Å²) < 4.78 is 17.9. The van der Waals surface area contributed by atoms with Crippen LogP contribution in [0.25, 0.3) is 0 Å². The van der Waals surface area contributed by atoms with Crippen LogP contribution in [0.2, 0.25) is 0 Å². The van der Waals surface area contributed by atoms with Crippen LogP contribution >= 0.6 is 0 Å². The Morgan fingerprint density at radius 3 is 2.96 bits per heavy atom. The zero-order valence-corrected chi connectivity index (χ0v) is 14.0. The van der Waals surface area contributed by atoms with Crippen molar-refractivity contribution in [3.63, 3.8) is 0 Å². The van der Waals surface area contributed by atoms with Crippen LogP contribution in [0.3, 0.4) is 0 Å². The molecule has 1 atom stereocenters. The quantitative estimate of drug-likeness (QED) is 0.755. The van der Waals surface area contributed by atoms with E-state index in [0.29, 0.717) is 38.6 Å². The van der Waals surface area contributed by atoms with Gasteiger partial charge in [0, 0.05) is 26.3 Å². The normalized spacial score (nSPS) is 17.9. The molecular formula is C15H26N4O4. The molecule has 1 aliphatic rings. The van der Waals surface area contributed by atoms with E-state index >= 15 is 0 Å². The summed E-state index contributed by atoms with van der Waals surface area (Å²) in [5, 5.41) is 9.75. The van der Waals surface area contributed by atoms with Gasteiger partial charge in [-0.2, -0.15) is 5.10 Å². The molecule has 2 N–H and O–H groups in total. The zero-order chi connectivity index (χ0) is 16.7. The Hall–Kier alpha value is -1.64. The van der Waals surface area contributed by atoms with Crippen LogP contribution in [0.1, 0.15) is 20.3 Å². The van der Waals surface area contributed by atoms with Gasteiger partial charge in [-0.15, -0.1) is 0 Å². The van der Waals surface area contributed by atoms with Crippen molar-refractivity contribution in [1.82, 2.24) is 15.1 Å². The molecule has 1 aliphatic heterocycles. The molecule has 1 fully saturated rings. The highest BCUT2D eigenvalue weighted by Crippen LogP contribution is 2.26. The Kier molecular flexibility index (Phi) is 6.37. The van der Waals surface area contributed by atoms with Crippen molar-refractivity contribution in [2.75, 3.05) is 38.8 Å². The molecule has 0 saturated carbocycles. The second kappa shape index (κ2) is 8.28. The average Bonchev–Trinajstić information content (AvgIpc) is 3.12. The van der Waals surface area contributed by atoms with Crippen molar-refractivity contribution in [2.45, 2.75) is 32.6 Å². The number of rotatable bonds is 8. The highest BCUT2D eigenvalue weighted by Gasteiger charge is 2.32. The number of carbonyl (C=O) groups is 1. The van der Waals surface area contributed by atoms with Crippen molar-refractivity contribution in [3.05, 3.63) is 12.4 Å². The number of hydrogen-bond acceptors (Lipinski definition) is 5. The highest BCUT2D eigenvalue weighted by molar-refractivity contribution is 5.88. The molecule has 2 amide bonds. The minimum atomic E-state index is -0.528. The van der Waals surface area contributed by atoms with E-state index < -0.39 is 5.79 Å². The van der Waals surface area contributed by atoms with Crippen molar-refractivity contribution < 1.29 is 19.0 Å². The van der Waals surface area contributed by atoms with E-state index in [4.69, 9.17) is 14.2 Å². The van der Waals surface area contributed by atoms with Gasteiger partial charge in [0.25, 0.3) is 0 Å². The average molecular weight is 326 g/mol. The molecule has 1 unspecified atom stereocenters. The standard InChI is InChI=1S/C15H26N4O4/c1-12(8-15(2)22-6-7-23-15)9-16-14(20)18-13-10-17-19(11-13)4-5-21-3/h10-12H,4-9H2,1-3H3,(H2,16,18,20). The third kappa shape index (κ3) is 5.81. The number of anilines is 1. The molecule has 0 radical (unpaired) electrons. The molecule has 0 spiro atoms. The number of aromatic nitrogens is 2. The minimum Gasteiger partial charge on any atom is -0.383 e. The molecule has 2 rings (SSSR count). The first-order valence-electron chi connectivity index (χ1n) is 7.85. The predicted molar refractivity (Wildman–Crippen MR) is 85.2 cm³/mol. The molecule has 8 heteroatoms. The molecule has 1 aromatic heterocycles. The summed E-state index contributed by atoms with van der Waals surface area (Å²) in [6.07, 6.45) is 4.12. The van der Waals surface area contributed by atoms with Gasteiger partial charge in [-0.25, -0.2) is 4.79 Å². The van der Waals surface area contributed by atoms with E-state index in [1.54, 1.807) is 24.2 Å². The van der Waals surface area contributed by atoms with Crippen LogP contribution in [0, 0.1) is 5.92 Å². The third-order valence-corrected chi connectivity index (χ3v) is 3.64. The maximum absolute atomic E-state index is 11.9. The molecular weight excluding hydrogens is 300 g/mol. The summed E-state index contributed by atoms with van der Waals surface area (Å²) in [7, 11) is 1.64. The molecule has 2 heterocycles. The Bertz CT molecular complexity index is 499. The van der Waals surface area contributed by atoms with Gasteiger partial charge in [-0.3, -0.25) is 4.68 Å². The summed E-state index contributed by atoms with van der Waals surface area (Å²) in [5.41, 5.74) is 0.653. The van der Waals surface area contributed by atoms with Gasteiger partial charge < -0.3 is 24.8 Å². The van der Waals surface area contributed by atoms with Crippen LogP contribution < -0.4 is 10.6 Å². The van der Waals surface area contributed by atoms with Crippen LogP contribution in [0.5, 0.6) is 0 Å². The molecule has 8 nitrogen and oxygen atoms in total. The van der Waals surface area contributed by atoms with Crippen LogP contribution in [0.15, 0.2) is 12.4 Å². The molecule has 0 aliphatic carbocycles. The second-order valence-electron chi connectivity index (χ2n) is 5.96. The number of hydrogen-bond donors (Lipinski definition) is 2. The largest absolute Gasteiger partial charge is 0.383 e. The number of nitrogens with one attached hydrogen (secondary N) is 2. The van der Waals surface area contributed by atoms with Crippen molar-refractivity contribution in [2.24, 2.45) is 5.92 Å². The van der Waals surface area contributed by atoms with Gasteiger partial charge in [-0.1, -0.05) is 6.92 Å². The number of carbonyl (C=O) groups excluding carboxylic acids is 1. The van der Waals surface area contributed by atoms with E-state index in [-0.39, 0.29) is 11.9 Å². The summed E-state index contributed by atoms with van der Waals surface area (Å²) in [6, 6.07) is -0.249. The summed E-state index contributed by atoms with van der Waals surface area (Å²) in [5.74, 6) is -0.284. The van der Waals surface area contributed by atoms with E-state index in [0.717, 1.165) is 6.42 Å². The van der Waals surface area contributed by atoms with Gasteiger partial charge in [0.2, 0.25) is 0 Å². The molecule has 0 aromatic carbocycles. The Labute approximate surface area is 136 Å². The maximum Gasteiger partial charge on any atom is 0.319 e. The van der Waals surface area contributed by atoms with Gasteiger partial charge >= 0.3 is 6.03 Å². The molecule has 1 saturated heterocycles. The number of amides is 2. The Balaban J connectivity index is 1.69. The Morgan fingerprint density at radius 2 is 2.26 bits per heavy atom. The third-order valence-electron chi connectivity index (χ3n) is 3.64. The lowest BCUT2D eigenvalue weighted by atomic mass is 10.0. The first kappa shape index (κ1) is 17.7. The monoisotopic (exact) mass is 326 g/mol. The number of methoxy groups -OCH3 is 1. The highest BCUT2D eigenvalue weighted by atomic mass is 16.7. The van der Waals surface area contributed by atoms with Crippen LogP contribution in [0.4, 0.5) is 10.5 Å². The van der Waals surface area contributed by atoms with Crippen molar-refractivity contribution in [3.8, 4) is 0 Å². The first-order valence-corrected chi connectivity index (χ1v) is 7.85. The Morgan fingerprint density at radius 1 is 1.52 bits per heavy atom. The van der Waals surface area contributed by atoms with Crippen molar-refractivity contribution >= 4 is 11.7 Å². The van der Waals surface area contributed by atoms with E-state index in [1.807, 2.05) is 6.92 Å². The van der Waals surface area contributed by atoms with Crippen molar-refractivity contribution in [1.29, 1.82) is 0 Å². The lowest BCUT2D eigenvalue weighted by Gasteiger charge is -2.25. The number of ether oxygens (including phenoxy) is 3. The van der Waals surface area contributed by atoms with Gasteiger partial charge in [0.05, 0.1) is 38.2 Å². The molecule has 23 heavy (non-hydrogen) atoms. The fraction of sp³-hybridized carbons (Fsp3) is 0.733. The molecule has 130 valence electrons. The lowest BCUT2D eigenvalue weighted by molar-refractivity contribution is -0.153. The van der Waals surface area contributed by atoms with Crippen LogP contribution in [-0.4, -0.2) is 55.1 Å². The van der Waals surface area contributed by atoms with Gasteiger partial charge in [0.15, 0.2) is 5.79 Å². The summed E-state index contributed by atoms with van der Waals surface area (Å²) in [6.45, 7) is 7.02. The van der Waals surface area contributed by atoms with Gasteiger partial charge in [0.1, 0.15) is 0 Å². The predicted octanol–water partition coefficient (Wildman–Crippen LogP) is 1.44. The minimum absolute atomic E-state index is 0.244. The topological polar surface area (TPSA) is 86.6 Å². The van der Waals surface area contributed by atoms with Gasteiger partial charge in [-0.05, 0) is 12.8 Å². The fourth-order valence-corrected chi connectivity index (χ4v) is 2.56. The summed E-state index contributed by atoms with van der Waals surface area (Å²) >= 11 is 0. The number of nitrogens with zero attached hydrogens (tertiary/aromatic N) is 2. The van der Waals surface area contributed by atoms with Crippen LogP contribution in [-0.2, 0) is 20.8 Å². The molecule has 0 bridgehead atoms. The molecule has 1 aromatic rings. The van der Waals surface area contributed by atoms with E-state index in [1.165, 1.54) is 0 Å². The lowest BCUT2D eigenvalue weighted by Crippen LogP contribution is -2.36. The maximum atomic E-state index is 11.9. The van der Waals surface area contributed by atoms with E-state index in [9.17, 15) is 4.79 Å². The second-order valence-corrected chi connectivity index (χ2v) is 5.96. The fourth-order valence-electron chi connectivity index (χ4n) is 2.56. The zero-order valence-electron chi connectivity index (χ0n) is 14.0. The smallest absolute Gasteiger partial charge is 0.319 e. The number of urea groups is 1. The summed E-state index contributed by atoms with van der Waals surface area (Å²) in [4.78, 5) is 11.9. The SMILES string of the molecule is COCCn1cc(NC(=O)NCC(C)CC2(C)OCCO2)cn1. The first-order chi connectivity index (χ1) is 11.0.